The number of thiocarbonyl (C=S) groups is 1. The maximum atomic E-state index is 13.2. The maximum Gasteiger partial charge on any atom is 0.270 e. The van der Waals surface area contributed by atoms with Gasteiger partial charge in [-0.3, -0.25) is 19.8 Å². The van der Waals surface area contributed by atoms with Crippen molar-refractivity contribution < 1.29 is 19.1 Å². The molecule has 1 heterocycles. The molecular formula is C23H23BrN2O4S. The Balaban J connectivity index is 2.01. The van der Waals surface area contributed by atoms with E-state index >= 15 is 0 Å². The van der Waals surface area contributed by atoms with Gasteiger partial charge in [0.1, 0.15) is 5.57 Å². The SMILES string of the molecule is CCOc1cc(/C=C2\C(=O)NC(=S)N(c3ccc(C(C)C)cc3)C2=O)cc(Br)c1OC. The number of rotatable bonds is 6. The molecule has 0 aliphatic carbocycles. The Hall–Kier alpha value is -2.71. The number of hydrogen-bond donors (Lipinski definition) is 1. The van der Waals surface area contributed by atoms with E-state index in [1.807, 2.05) is 31.2 Å². The number of carbonyl (C=O) groups excluding carboxylic acids is 2. The number of carbonyl (C=O) groups is 2. The van der Waals surface area contributed by atoms with Crippen LogP contribution in [-0.2, 0) is 9.59 Å². The summed E-state index contributed by atoms with van der Waals surface area (Å²) in [6, 6.07) is 11.0. The molecule has 1 fully saturated rings. The number of anilines is 1. The number of ether oxygens (including phenoxy) is 2. The minimum atomic E-state index is -0.546. The number of hydrogen-bond acceptors (Lipinski definition) is 5. The van der Waals surface area contributed by atoms with E-state index in [2.05, 4.69) is 35.1 Å². The van der Waals surface area contributed by atoms with Gasteiger partial charge in [-0.1, -0.05) is 26.0 Å². The Morgan fingerprint density at radius 3 is 2.45 bits per heavy atom. The lowest BCUT2D eigenvalue weighted by atomic mass is 10.0. The summed E-state index contributed by atoms with van der Waals surface area (Å²) in [5.41, 5.74) is 2.32. The Labute approximate surface area is 195 Å². The van der Waals surface area contributed by atoms with E-state index in [-0.39, 0.29) is 10.7 Å². The van der Waals surface area contributed by atoms with E-state index in [1.165, 1.54) is 11.0 Å². The monoisotopic (exact) mass is 502 g/mol. The van der Waals surface area contributed by atoms with E-state index in [4.69, 9.17) is 21.7 Å². The van der Waals surface area contributed by atoms with Crippen LogP contribution in [0.3, 0.4) is 0 Å². The van der Waals surface area contributed by atoms with Crippen molar-refractivity contribution in [2.45, 2.75) is 26.7 Å². The van der Waals surface area contributed by atoms with Crippen LogP contribution in [0.5, 0.6) is 11.5 Å². The van der Waals surface area contributed by atoms with Crippen LogP contribution < -0.4 is 19.7 Å². The third-order valence-corrected chi connectivity index (χ3v) is 5.64. The van der Waals surface area contributed by atoms with Crippen molar-refractivity contribution in [1.29, 1.82) is 0 Å². The summed E-state index contributed by atoms with van der Waals surface area (Å²) >= 11 is 8.72. The van der Waals surface area contributed by atoms with E-state index < -0.39 is 11.8 Å². The quantitative estimate of drug-likeness (QED) is 0.348. The van der Waals surface area contributed by atoms with E-state index in [1.54, 1.807) is 19.2 Å². The van der Waals surface area contributed by atoms with Crippen LogP contribution in [0.1, 0.15) is 37.8 Å². The summed E-state index contributed by atoms with van der Waals surface area (Å²) in [6.07, 6.45) is 1.52. The molecule has 162 valence electrons. The highest BCUT2D eigenvalue weighted by molar-refractivity contribution is 9.10. The highest BCUT2D eigenvalue weighted by Gasteiger charge is 2.34. The lowest BCUT2D eigenvalue weighted by Crippen LogP contribution is -2.54. The fourth-order valence-corrected chi connectivity index (χ4v) is 4.10. The second-order valence-corrected chi connectivity index (χ2v) is 8.41. The predicted octanol–water partition coefficient (Wildman–Crippen LogP) is 4.81. The molecule has 8 heteroatoms. The van der Waals surface area contributed by atoms with Crippen molar-refractivity contribution in [3.8, 4) is 11.5 Å². The van der Waals surface area contributed by atoms with Gasteiger partial charge < -0.3 is 9.47 Å². The summed E-state index contributed by atoms with van der Waals surface area (Å²) < 4.78 is 11.6. The first-order chi connectivity index (χ1) is 14.8. The molecule has 0 unspecified atom stereocenters. The molecule has 2 amide bonds. The number of halogens is 1. The average molecular weight is 503 g/mol. The lowest BCUT2D eigenvalue weighted by molar-refractivity contribution is -0.122. The third-order valence-electron chi connectivity index (χ3n) is 4.77. The number of nitrogens with zero attached hydrogens (tertiary/aromatic N) is 1. The number of nitrogens with one attached hydrogen (secondary N) is 1. The summed E-state index contributed by atoms with van der Waals surface area (Å²) in [5, 5.41) is 2.66. The minimum Gasteiger partial charge on any atom is -0.492 e. The van der Waals surface area contributed by atoms with Crippen LogP contribution in [0.15, 0.2) is 46.4 Å². The number of amides is 2. The van der Waals surface area contributed by atoms with Gasteiger partial charge in [-0.05, 0) is 82.5 Å². The molecule has 31 heavy (non-hydrogen) atoms. The molecule has 0 saturated carbocycles. The first-order valence-electron chi connectivity index (χ1n) is 9.78. The van der Waals surface area contributed by atoms with Crippen LogP contribution in [0.4, 0.5) is 5.69 Å². The van der Waals surface area contributed by atoms with Gasteiger partial charge >= 0.3 is 0 Å². The van der Waals surface area contributed by atoms with Gasteiger partial charge in [-0.2, -0.15) is 0 Å². The van der Waals surface area contributed by atoms with E-state index in [0.29, 0.717) is 39.7 Å². The molecule has 0 bridgehead atoms. The predicted molar refractivity (Wildman–Crippen MR) is 129 cm³/mol. The standard InChI is InChI=1S/C23H23BrN2O4S/c1-5-30-19-12-14(11-18(24)20(19)29-4)10-17-21(27)25-23(31)26(22(17)28)16-8-6-15(7-9-16)13(2)3/h6-13H,5H2,1-4H3,(H,25,27,31)/b17-10+. The van der Waals surface area contributed by atoms with Gasteiger partial charge in [0.15, 0.2) is 16.6 Å². The van der Waals surface area contributed by atoms with E-state index in [0.717, 1.165) is 5.56 Å². The molecule has 6 nitrogen and oxygen atoms in total. The first-order valence-corrected chi connectivity index (χ1v) is 11.0. The highest BCUT2D eigenvalue weighted by atomic mass is 79.9. The topological polar surface area (TPSA) is 67.9 Å². The minimum absolute atomic E-state index is 0.0268. The van der Waals surface area contributed by atoms with Gasteiger partial charge in [-0.15, -0.1) is 0 Å². The maximum absolute atomic E-state index is 13.2. The van der Waals surface area contributed by atoms with Crippen LogP contribution in [0.2, 0.25) is 0 Å². The largest absolute Gasteiger partial charge is 0.492 e. The van der Waals surface area contributed by atoms with Crippen molar-refractivity contribution in [2.75, 3.05) is 18.6 Å². The number of methoxy groups -OCH3 is 1. The van der Waals surface area contributed by atoms with Crippen molar-refractivity contribution in [3.63, 3.8) is 0 Å². The van der Waals surface area contributed by atoms with Crippen molar-refractivity contribution >= 4 is 56.8 Å². The Morgan fingerprint density at radius 2 is 1.87 bits per heavy atom. The molecule has 1 aliphatic rings. The summed E-state index contributed by atoms with van der Waals surface area (Å²) in [4.78, 5) is 27.1. The summed E-state index contributed by atoms with van der Waals surface area (Å²) in [6.45, 7) is 6.49. The van der Waals surface area contributed by atoms with Gasteiger partial charge in [-0.25, -0.2) is 0 Å². The van der Waals surface area contributed by atoms with Gasteiger partial charge in [0, 0.05) is 0 Å². The second-order valence-electron chi connectivity index (χ2n) is 7.17. The van der Waals surface area contributed by atoms with Crippen LogP contribution in [0, 0.1) is 0 Å². The molecule has 1 aliphatic heterocycles. The zero-order chi connectivity index (χ0) is 22.7. The third kappa shape index (κ3) is 4.80. The average Bonchev–Trinajstić information content (AvgIpc) is 2.71. The summed E-state index contributed by atoms with van der Waals surface area (Å²) in [7, 11) is 1.54. The normalized spacial score (nSPS) is 15.5. The zero-order valence-electron chi connectivity index (χ0n) is 17.7. The molecule has 1 saturated heterocycles. The Bertz CT molecular complexity index is 1060. The smallest absolute Gasteiger partial charge is 0.270 e. The first kappa shape index (κ1) is 23.0. The molecule has 2 aromatic rings. The van der Waals surface area contributed by atoms with Gasteiger partial charge in [0.25, 0.3) is 11.8 Å². The molecule has 0 spiro atoms. The number of benzene rings is 2. The highest BCUT2D eigenvalue weighted by Crippen LogP contribution is 2.37. The molecule has 1 N–H and O–H groups in total. The Kier molecular flexibility index (Phi) is 7.12. The van der Waals surface area contributed by atoms with Crippen molar-refractivity contribution in [1.82, 2.24) is 5.32 Å². The van der Waals surface area contributed by atoms with Gasteiger partial charge in [0.05, 0.1) is 23.9 Å². The molecule has 0 aromatic heterocycles. The second kappa shape index (κ2) is 9.62. The molecule has 2 aromatic carbocycles. The van der Waals surface area contributed by atoms with Gasteiger partial charge in [0.2, 0.25) is 0 Å². The van der Waals surface area contributed by atoms with Crippen LogP contribution in [-0.4, -0.2) is 30.6 Å². The molecule has 0 radical (unpaired) electrons. The van der Waals surface area contributed by atoms with E-state index in [9.17, 15) is 9.59 Å². The Morgan fingerprint density at radius 1 is 1.19 bits per heavy atom. The van der Waals surface area contributed by atoms with Crippen LogP contribution in [0.25, 0.3) is 6.08 Å². The lowest BCUT2D eigenvalue weighted by Gasteiger charge is -2.29. The van der Waals surface area contributed by atoms with Crippen molar-refractivity contribution in [3.05, 3.63) is 57.6 Å². The molecular weight excluding hydrogens is 480 g/mol. The molecule has 0 atom stereocenters. The summed E-state index contributed by atoms with van der Waals surface area (Å²) in [5.74, 6) is 0.371. The zero-order valence-corrected chi connectivity index (χ0v) is 20.1. The molecule has 3 rings (SSSR count). The van der Waals surface area contributed by atoms with Crippen molar-refractivity contribution in [2.24, 2.45) is 0 Å². The van der Waals surface area contributed by atoms with Crippen LogP contribution >= 0.6 is 28.1 Å². The fraction of sp³-hybridized carbons (Fsp3) is 0.261. The fourth-order valence-electron chi connectivity index (χ4n) is 3.20.